The molecule has 19 heavy (non-hydrogen) atoms. The summed E-state index contributed by atoms with van der Waals surface area (Å²) in [5, 5.41) is 0. The Bertz CT molecular complexity index is 497. The first-order valence-electron chi connectivity index (χ1n) is 6.03. The quantitative estimate of drug-likeness (QED) is 0.457. The molecule has 2 rings (SSSR count). The van der Waals surface area contributed by atoms with Crippen LogP contribution in [0.5, 0.6) is 0 Å². The Morgan fingerprint density at radius 3 is 2.84 bits per heavy atom. The number of carbonyl (C=O) groups is 2. The molecular formula is C14H15FO3S. The molecule has 0 N–H and O–H groups in total. The van der Waals surface area contributed by atoms with E-state index in [-0.39, 0.29) is 16.9 Å². The van der Waals surface area contributed by atoms with Crippen LogP contribution in [0.2, 0.25) is 0 Å². The lowest BCUT2D eigenvalue weighted by Crippen LogP contribution is -2.13. The first kappa shape index (κ1) is 14.1. The van der Waals surface area contributed by atoms with E-state index in [4.69, 9.17) is 0 Å². The Morgan fingerprint density at radius 1 is 1.53 bits per heavy atom. The number of ether oxygens (including phenoxy) is 1. The van der Waals surface area contributed by atoms with E-state index in [9.17, 15) is 14.0 Å². The molecule has 1 saturated carbocycles. The standard InChI is InChI=1S/C14H15FO3S/c1-18-13(17)7-14(5-6-14)9-19-12-4-2-3-11(15)10(12)8-16/h2-4,8H,5-7,9H2,1H3. The summed E-state index contributed by atoms with van der Waals surface area (Å²) >= 11 is 1.43. The van der Waals surface area contributed by atoms with Crippen molar-refractivity contribution >= 4 is 24.0 Å². The third-order valence-electron chi connectivity index (χ3n) is 3.37. The minimum atomic E-state index is -0.502. The van der Waals surface area contributed by atoms with E-state index in [1.54, 1.807) is 12.1 Å². The topological polar surface area (TPSA) is 43.4 Å². The largest absolute Gasteiger partial charge is 0.469 e. The third kappa shape index (κ3) is 3.35. The smallest absolute Gasteiger partial charge is 0.306 e. The van der Waals surface area contributed by atoms with Crippen molar-refractivity contribution in [2.24, 2.45) is 5.41 Å². The van der Waals surface area contributed by atoms with E-state index >= 15 is 0 Å². The Kier molecular flexibility index (Phi) is 4.24. The van der Waals surface area contributed by atoms with Crippen molar-refractivity contribution in [1.29, 1.82) is 0 Å². The van der Waals surface area contributed by atoms with Crippen LogP contribution in [-0.2, 0) is 9.53 Å². The second-order valence-corrected chi connectivity index (χ2v) is 5.83. The van der Waals surface area contributed by atoms with Crippen molar-refractivity contribution in [1.82, 2.24) is 0 Å². The lowest BCUT2D eigenvalue weighted by Gasteiger charge is -2.13. The maximum absolute atomic E-state index is 13.4. The summed E-state index contributed by atoms with van der Waals surface area (Å²) in [6.45, 7) is 0. The Morgan fingerprint density at radius 2 is 2.26 bits per heavy atom. The van der Waals surface area contributed by atoms with E-state index in [0.717, 1.165) is 12.8 Å². The second kappa shape index (κ2) is 5.74. The Balaban J connectivity index is 2.01. The van der Waals surface area contributed by atoms with Crippen LogP contribution >= 0.6 is 11.8 Å². The summed E-state index contributed by atoms with van der Waals surface area (Å²) in [5.41, 5.74) is 0.0610. The molecule has 1 aromatic carbocycles. The van der Waals surface area contributed by atoms with Crippen LogP contribution in [0.4, 0.5) is 4.39 Å². The fourth-order valence-corrected chi connectivity index (χ4v) is 3.24. The van der Waals surface area contributed by atoms with Crippen LogP contribution in [-0.4, -0.2) is 25.1 Å². The van der Waals surface area contributed by atoms with Gasteiger partial charge in [0.05, 0.1) is 19.1 Å². The molecule has 0 heterocycles. The monoisotopic (exact) mass is 282 g/mol. The SMILES string of the molecule is COC(=O)CC1(CSc2cccc(F)c2C=O)CC1. The van der Waals surface area contributed by atoms with E-state index in [0.29, 0.717) is 23.4 Å². The molecule has 5 heteroatoms. The van der Waals surface area contributed by atoms with Gasteiger partial charge in [-0.05, 0) is 30.4 Å². The van der Waals surface area contributed by atoms with Crippen LogP contribution in [0.25, 0.3) is 0 Å². The molecule has 0 amide bonds. The van der Waals surface area contributed by atoms with Gasteiger partial charge in [-0.3, -0.25) is 9.59 Å². The molecule has 0 bridgehead atoms. The summed E-state index contributed by atoms with van der Waals surface area (Å²) in [6, 6.07) is 4.59. The second-order valence-electron chi connectivity index (χ2n) is 4.81. The van der Waals surface area contributed by atoms with Gasteiger partial charge >= 0.3 is 5.97 Å². The van der Waals surface area contributed by atoms with Crippen LogP contribution in [0.15, 0.2) is 23.1 Å². The highest BCUT2D eigenvalue weighted by Crippen LogP contribution is 2.52. The number of esters is 1. The summed E-state index contributed by atoms with van der Waals surface area (Å²) in [4.78, 5) is 22.8. The maximum Gasteiger partial charge on any atom is 0.306 e. The molecule has 0 spiro atoms. The van der Waals surface area contributed by atoms with Gasteiger partial charge in [0, 0.05) is 10.6 Å². The van der Waals surface area contributed by atoms with Gasteiger partial charge in [0.25, 0.3) is 0 Å². The number of aldehydes is 1. The molecule has 0 atom stereocenters. The molecular weight excluding hydrogens is 267 g/mol. The molecule has 1 aliphatic rings. The minimum Gasteiger partial charge on any atom is -0.469 e. The zero-order chi connectivity index (χ0) is 13.9. The molecule has 0 aliphatic heterocycles. The van der Waals surface area contributed by atoms with Crippen LogP contribution in [0.3, 0.4) is 0 Å². The van der Waals surface area contributed by atoms with Gasteiger partial charge in [-0.15, -0.1) is 11.8 Å². The van der Waals surface area contributed by atoms with Crippen LogP contribution in [0, 0.1) is 11.2 Å². The highest BCUT2D eigenvalue weighted by Gasteiger charge is 2.44. The molecule has 102 valence electrons. The molecule has 0 unspecified atom stereocenters. The maximum atomic E-state index is 13.4. The van der Waals surface area contributed by atoms with E-state index in [1.807, 2.05) is 0 Å². The number of hydrogen-bond acceptors (Lipinski definition) is 4. The number of methoxy groups -OCH3 is 1. The van der Waals surface area contributed by atoms with Gasteiger partial charge in [0.15, 0.2) is 6.29 Å². The highest BCUT2D eigenvalue weighted by molar-refractivity contribution is 7.99. The fourth-order valence-electron chi connectivity index (χ4n) is 1.92. The van der Waals surface area contributed by atoms with E-state index in [2.05, 4.69) is 4.74 Å². The minimum absolute atomic E-state index is 0.0375. The predicted octanol–water partition coefficient (Wildman–Crippen LogP) is 3.07. The van der Waals surface area contributed by atoms with Crippen molar-refractivity contribution in [3.05, 3.63) is 29.6 Å². The molecule has 0 aromatic heterocycles. The number of carbonyl (C=O) groups excluding carboxylic acids is 2. The fraction of sp³-hybridized carbons (Fsp3) is 0.429. The van der Waals surface area contributed by atoms with E-state index in [1.165, 1.54) is 24.9 Å². The Labute approximate surface area is 115 Å². The van der Waals surface area contributed by atoms with Gasteiger partial charge in [-0.25, -0.2) is 4.39 Å². The van der Waals surface area contributed by atoms with Crippen molar-refractivity contribution in [2.45, 2.75) is 24.2 Å². The van der Waals surface area contributed by atoms with Crippen LogP contribution in [0.1, 0.15) is 29.6 Å². The molecule has 1 aromatic rings. The predicted molar refractivity (Wildman–Crippen MR) is 70.8 cm³/mol. The van der Waals surface area contributed by atoms with Gasteiger partial charge in [0.1, 0.15) is 5.82 Å². The number of halogens is 1. The van der Waals surface area contributed by atoms with Gasteiger partial charge in [0.2, 0.25) is 0 Å². The summed E-state index contributed by atoms with van der Waals surface area (Å²) in [7, 11) is 1.38. The number of thioether (sulfide) groups is 1. The summed E-state index contributed by atoms with van der Waals surface area (Å²) < 4.78 is 18.1. The van der Waals surface area contributed by atoms with Gasteiger partial charge < -0.3 is 4.74 Å². The summed E-state index contributed by atoms with van der Waals surface area (Å²) in [6.07, 6.45) is 2.88. The van der Waals surface area contributed by atoms with Crippen LogP contribution < -0.4 is 0 Å². The zero-order valence-electron chi connectivity index (χ0n) is 10.6. The zero-order valence-corrected chi connectivity index (χ0v) is 11.5. The van der Waals surface area contributed by atoms with Gasteiger partial charge in [-0.1, -0.05) is 6.07 Å². The number of benzene rings is 1. The Hall–Kier alpha value is -1.36. The molecule has 0 radical (unpaired) electrons. The summed E-state index contributed by atoms with van der Waals surface area (Å²) in [5.74, 6) is -0.0161. The molecule has 1 aliphatic carbocycles. The first-order chi connectivity index (χ1) is 9.10. The van der Waals surface area contributed by atoms with Gasteiger partial charge in [-0.2, -0.15) is 0 Å². The molecule has 1 fully saturated rings. The van der Waals surface area contributed by atoms with Crippen molar-refractivity contribution in [3.8, 4) is 0 Å². The lowest BCUT2D eigenvalue weighted by molar-refractivity contribution is -0.141. The van der Waals surface area contributed by atoms with Crippen molar-refractivity contribution in [2.75, 3.05) is 12.9 Å². The van der Waals surface area contributed by atoms with E-state index < -0.39 is 5.82 Å². The van der Waals surface area contributed by atoms with Crippen molar-refractivity contribution in [3.63, 3.8) is 0 Å². The number of hydrogen-bond donors (Lipinski definition) is 0. The normalized spacial score (nSPS) is 15.9. The molecule has 0 saturated heterocycles. The number of rotatable bonds is 6. The highest BCUT2D eigenvalue weighted by atomic mass is 32.2. The first-order valence-corrected chi connectivity index (χ1v) is 7.02. The average Bonchev–Trinajstić information content (AvgIpc) is 3.16. The lowest BCUT2D eigenvalue weighted by atomic mass is 10.1. The van der Waals surface area contributed by atoms with Crippen molar-refractivity contribution < 1.29 is 18.7 Å². The molecule has 3 nitrogen and oxygen atoms in total. The average molecular weight is 282 g/mol. The third-order valence-corrected chi connectivity index (χ3v) is 4.79.